The number of nitrogens with zero attached hydrogens (tertiary/aromatic N) is 1. The molecule has 1 heterocycles. The Balaban J connectivity index is 2.32. The van der Waals surface area contributed by atoms with Crippen molar-refractivity contribution in [1.82, 2.24) is 4.57 Å². The van der Waals surface area contributed by atoms with Crippen molar-refractivity contribution in [3.8, 4) is 0 Å². The molecule has 1 fully saturated rings. The van der Waals surface area contributed by atoms with Gasteiger partial charge in [-0.3, -0.25) is 4.79 Å². The second-order valence-electron chi connectivity index (χ2n) is 3.30. The van der Waals surface area contributed by atoms with Gasteiger partial charge in [0.15, 0.2) is 0 Å². The number of hydrogen-bond donors (Lipinski definition) is 0. The van der Waals surface area contributed by atoms with Gasteiger partial charge in [-0.05, 0) is 25.0 Å². The van der Waals surface area contributed by atoms with Gasteiger partial charge in [-0.2, -0.15) is 0 Å². The molecule has 0 N–H and O–H groups in total. The van der Waals surface area contributed by atoms with Crippen molar-refractivity contribution in [1.29, 1.82) is 0 Å². The van der Waals surface area contributed by atoms with Gasteiger partial charge >= 0.3 is 0 Å². The fourth-order valence-electron chi connectivity index (χ4n) is 1.87. The van der Waals surface area contributed by atoms with Crippen LogP contribution in [0.25, 0.3) is 0 Å². The van der Waals surface area contributed by atoms with Crippen LogP contribution in [0.1, 0.15) is 31.7 Å². The molecule has 1 saturated carbocycles. The minimum atomic E-state index is 0.0180. The van der Waals surface area contributed by atoms with Crippen molar-refractivity contribution in [2.45, 2.75) is 31.7 Å². The summed E-state index contributed by atoms with van der Waals surface area (Å²) < 4.78 is 1.81. The van der Waals surface area contributed by atoms with Gasteiger partial charge in [-0.1, -0.05) is 12.8 Å². The van der Waals surface area contributed by atoms with Gasteiger partial charge in [-0.15, -0.1) is 0 Å². The van der Waals surface area contributed by atoms with E-state index in [0.29, 0.717) is 6.04 Å². The van der Waals surface area contributed by atoms with E-state index in [1.807, 2.05) is 16.8 Å². The molecule has 0 aromatic carbocycles. The molecule has 0 spiro atoms. The van der Waals surface area contributed by atoms with E-state index in [1.165, 1.54) is 12.8 Å². The maximum Gasteiger partial charge on any atom is 0.258 e. The SMILES string of the molecule is O=c1[c]cccn1C1CCCC1. The fraction of sp³-hybridized carbons (Fsp3) is 0.500. The molecule has 12 heavy (non-hydrogen) atoms. The highest BCUT2D eigenvalue weighted by Gasteiger charge is 2.16. The van der Waals surface area contributed by atoms with E-state index in [2.05, 4.69) is 6.07 Å². The molecule has 0 unspecified atom stereocenters. The van der Waals surface area contributed by atoms with Crippen molar-refractivity contribution >= 4 is 0 Å². The van der Waals surface area contributed by atoms with Crippen molar-refractivity contribution in [2.24, 2.45) is 0 Å². The average Bonchev–Trinajstić information content (AvgIpc) is 2.57. The summed E-state index contributed by atoms with van der Waals surface area (Å²) in [5, 5.41) is 0. The summed E-state index contributed by atoms with van der Waals surface area (Å²) in [6.45, 7) is 0. The molecule has 1 aliphatic rings. The smallest absolute Gasteiger partial charge is 0.258 e. The van der Waals surface area contributed by atoms with E-state index < -0.39 is 0 Å². The lowest BCUT2D eigenvalue weighted by Gasteiger charge is -2.11. The first-order valence-corrected chi connectivity index (χ1v) is 4.47. The number of pyridine rings is 1. The zero-order valence-corrected chi connectivity index (χ0v) is 6.99. The minimum absolute atomic E-state index is 0.0180. The van der Waals surface area contributed by atoms with Crippen molar-refractivity contribution in [2.75, 3.05) is 0 Å². The zero-order chi connectivity index (χ0) is 8.39. The number of hydrogen-bond acceptors (Lipinski definition) is 1. The Hall–Kier alpha value is -1.05. The Morgan fingerprint density at radius 3 is 2.83 bits per heavy atom. The monoisotopic (exact) mass is 162 g/mol. The Labute approximate surface area is 71.8 Å². The van der Waals surface area contributed by atoms with Crippen LogP contribution in [0.5, 0.6) is 0 Å². The van der Waals surface area contributed by atoms with Gasteiger partial charge in [0.1, 0.15) is 0 Å². The van der Waals surface area contributed by atoms with E-state index in [9.17, 15) is 4.79 Å². The van der Waals surface area contributed by atoms with Gasteiger partial charge in [0.05, 0.1) is 6.07 Å². The second-order valence-corrected chi connectivity index (χ2v) is 3.30. The van der Waals surface area contributed by atoms with Gasteiger partial charge < -0.3 is 4.57 Å². The molecule has 1 aromatic rings. The van der Waals surface area contributed by atoms with E-state index >= 15 is 0 Å². The predicted molar refractivity (Wildman–Crippen MR) is 47.0 cm³/mol. The van der Waals surface area contributed by atoms with Gasteiger partial charge in [0.25, 0.3) is 5.56 Å². The molecule has 1 radical (unpaired) electrons. The van der Waals surface area contributed by atoms with E-state index in [0.717, 1.165) is 12.8 Å². The largest absolute Gasteiger partial charge is 0.312 e. The maximum atomic E-state index is 11.3. The average molecular weight is 162 g/mol. The van der Waals surface area contributed by atoms with Gasteiger partial charge in [-0.25, -0.2) is 0 Å². The van der Waals surface area contributed by atoms with Crippen LogP contribution >= 0.6 is 0 Å². The summed E-state index contributed by atoms with van der Waals surface area (Å²) in [5.74, 6) is 0. The van der Waals surface area contributed by atoms with Crippen LogP contribution in [-0.4, -0.2) is 4.57 Å². The third-order valence-corrected chi connectivity index (χ3v) is 2.50. The quantitative estimate of drug-likeness (QED) is 0.616. The molecule has 0 amide bonds. The van der Waals surface area contributed by atoms with Gasteiger partial charge in [0.2, 0.25) is 0 Å². The summed E-state index contributed by atoms with van der Waals surface area (Å²) in [7, 11) is 0. The summed E-state index contributed by atoms with van der Waals surface area (Å²) in [4.78, 5) is 11.3. The van der Waals surface area contributed by atoms with Crippen molar-refractivity contribution in [3.63, 3.8) is 0 Å². The highest BCUT2D eigenvalue weighted by molar-refractivity contribution is 4.94. The zero-order valence-electron chi connectivity index (χ0n) is 6.99. The van der Waals surface area contributed by atoms with Crippen molar-refractivity contribution < 1.29 is 0 Å². The Morgan fingerprint density at radius 2 is 2.17 bits per heavy atom. The van der Waals surface area contributed by atoms with Crippen LogP contribution < -0.4 is 5.56 Å². The third-order valence-electron chi connectivity index (χ3n) is 2.50. The summed E-state index contributed by atoms with van der Waals surface area (Å²) in [6.07, 6.45) is 6.68. The Kier molecular flexibility index (Phi) is 1.98. The van der Waals surface area contributed by atoms with Crippen LogP contribution in [0, 0.1) is 6.07 Å². The first kappa shape index (κ1) is 7.59. The first-order chi connectivity index (χ1) is 5.88. The van der Waals surface area contributed by atoms with Gasteiger partial charge in [0, 0.05) is 12.2 Å². The normalized spacial score (nSPS) is 18.3. The molecule has 0 atom stereocenters. The summed E-state index contributed by atoms with van der Waals surface area (Å²) >= 11 is 0. The van der Waals surface area contributed by atoms with E-state index in [-0.39, 0.29) is 5.56 Å². The lowest BCUT2D eigenvalue weighted by molar-refractivity contribution is 0.502. The highest BCUT2D eigenvalue weighted by atomic mass is 16.1. The Morgan fingerprint density at radius 1 is 1.42 bits per heavy atom. The highest BCUT2D eigenvalue weighted by Crippen LogP contribution is 2.27. The van der Waals surface area contributed by atoms with Crippen LogP contribution in [0.3, 0.4) is 0 Å². The summed E-state index contributed by atoms with van der Waals surface area (Å²) in [5.41, 5.74) is 0.0180. The molecule has 1 aliphatic carbocycles. The maximum absolute atomic E-state index is 11.3. The fourth-order valence-corrected chi connectivity index (χ4v) is 1.87. The number of rotatable bonds is 1. The second kappa shape index (κ2) is 3.13. The molecule has 1 aromatic heterocycles. The molecule has 2 rings (SSSR count). The first-order valence-electron chi connectivity index (χ1n) is 4.47. The van der Waals surface area contributed by atoms with Crippen LogP contribution in [0.2, 0.25) is 0 Å². The minimum Gasteiger partial charge on any atom is -0.312 e. The molecule has 0 saturated heterocycles. The molecular weight excluding hydrogens is 150 g/mol. The topological polar surface area (TPSA) is 22.0 Å². The predicted octanol–water partition coefficient (Wildman–Crippen LogP) is 1.76. The molecule has 0 bridgehead atoms. The lowest BCUT2D eigenvalue weighted by Crippen LogP contribution is -2.21. The molecular formula is C10H12NO. The van der Waals surface area contributed by atoms with E-state index in [1.54, 1.807) is 6.07 Å². The molecule has 0 aliphatic heterocycles. The van der Waals surface area contributed by atoms with E-state index in [4.69, 9.17) is 0 Å². The molecule has 2 nitrogen and oxygen atoms in total. The number of aromatic nitrogens is 1. The Bertz CT molecular complexity index is 310. The molecule has 2 heteroatoms. The summed E-state index contributed by atoms with van der Waals surface area (Å²) in [6, 6.07) is 6.67. The van der Waals surface area contributed by atoms with Crippen molar-refractivity contribution in [3.05, 3.63) is 34.7 Å². The standard InChI is InChI=1S/C10H12NO/c12-10-7-3-4-8-11(10)9-5-1-2-6-9/h3-4,8-9H,1-2,5-6H2. The van der Waals surface area contributed by atoms with Crippen LogP contribution in [0.15, 0.2) is 23.1 Å². The van der Waals surface area contributed by atoms with Crippen LogP contribution in [0.4, 0.5) is 0 Å². The van der Waals surface area contributed by atoms with Crippen LogP contribution in [-0.2, 0) is 0 Å². The third kappa shape index (κ3) is 1.29. The lowest BCUT2D eigenvalue weighted by atomic mass is 10.2. The molecule has 63 valence electrons.